The molecule has 3 rings (SSSR count). The Morgan fingerprint density at radius 2 is 1.85 bits per heavy atom. The zero-order valence-electron chi connectivity index (χ0n) is 14.5. The molecule has 0 aliphatic heterocycles. The van der Waals surface area contributed by atoms with E-state index in [2.05, 4.69) is 22.7 Å². The SMILES string of the molecule is Cc1ccc(/C=N\NC(=O)COc2ccccc2Cc2ccccc2)s1. The summed E-state index contributed by atoms with van der Waals surface area (Å²) < 4.78 is 5.69. The lowest BCUT2D eigenvalue weighted by molar-refractivity contribution is -0.123. The zero-order valence-corrected chi connectivity index (χ0v) is 15.3. The van der Waals surface area contributed by atoms with E-state index in [1.54, 1.807) is 17.6 Å². The van der Waals surface area contributed by atoms with Crippen LogP contribution >= 0.6 is 11.3 Å². The first kappa shape index (κ1) is 17.9. The van der Waals surface area contributed by atoms with Gasteiger partial charge < -0.3 is 4.74 Å². The number of rotatable bonds is 7. The molecule has 1 heterocycles. The summed E-state index contributed by atoms with van der Waals surface area (Å²) in [5, 5.41) is 3.96. The summed E-state index contributed by atoms with van der Waals surface area (Å²) in [5.41, 5.74) is 4.74. The molecule has 0 saturated heterocycles. The first-order valence-electron chi connectivity index (χ1n) is 8.34. The van der Waals surface area contributed by atoms with Gasteiger partial charge in [-0.3, -0.25) is 4.79 Å². The summed E-state index contributed by atoms with van der Waals surface area (Å²) in [6, 6.07) is 21.9. The van der Waals surface area contributed by atoms with Gasteiger partial charge in [0.05, 0.1) is 6.21 Å². The van der Waals surface area contributed by atoms with E-state index in [0.717, 1.165) is 16.9 Å². The third-order valence-corrected chi connectivity index (χ3v) is 4.65. The Hall–Kier alpha value is -2.92. The smallest absolute Gasteiger partial charge is 0.277 e. The molecule has 3 aromatic rings. The lowest BCUT2D eigenvalue weighted by atomic mass is 10.0. The van der Waals surface area contributed by atoms with Crippen molar-refractivity contribution in [3.63, 3.8) is 0 Å². The normalized spacial score (nSPS) is 10.8. The Morgan fingerprint density at radius 1 is 1.08 bits per heavy atom. The summed E-state index contributed by atoms with van der Waals surface area (Å²) >= 11 is 1.62. The fourth-order valence-corrected chi connectivity index (χ4v) is 3.22. The number of aryl methyl sites for hydroxylation is 1. The Bertz CT molecular complexity index is 888. The van der Waals surface area contributed by atoms with Gasteiger partial charge in [-0.2, -0.15) is 5.10 Å². The van der Waals surface area contributed by atoms with Crippen LogP contribution in [0.3, 0.4) is 0 Å². The van der Waals surface area contributed by atoms with Gasteiger partial charge in [0.25, 0.3) is 5.91 Å². The molecule has 2 aromatic carbocycles. The van der Waals surface area contributed by atoms with Crippen molar-refractivity contribution in [2.45, 2.75) is 13.3 Å². The Morgan fingerprint density at radius 3 is 2.62 bits per heavy atom. The Balaban J connectivity index is 1.54. The van der Waals surface area contributed by atoms with Gasteiger partial charge in [0.2, 0.25) is 0 Å². The summed E-state index contributed by atoms with van der Waals surface area (Å²) in [5.74, 6) is 0.424. The number of ether oxygens (including phenoxy) is 1. The van der Waals surface area contributed by atoms with Gasteiger partial charge in [-0.05, 0) is 36.2 Å². The molecular weight excluding hydrogens is 344 g/mol. The Labute approximate surface area is 157 Å². The molecule has 0 aliphatic carbocycles. The van der Waals surface area contributed by atoms with Crippen molar-refractivity contribution in [3.8, 4) is 5.75 Å². The molecule has 132 valence electrons. The highest BCUT2D eigenvalue weighted by Gasteiger charge is 2.07. The van der Waals surface area contributed by atoms with Crippen LogP contribution in [0, 0.1) is 6.92 Å². The summed E-state index contributed by atoms with van der Waals surface area (Å²) in [6.45, 7) is 1.95. The fraction of sp³-hybridized carbons (Fsp3) is 0.143. The van der Waals surface area contributed by atoms with Gasteiger partial charge in [-0.25, -0.2) is 5.43 Å². The Kier molecular flexibility index (Phi) is 6.17. The molecule has 4 nitrogen and oxygen atoms in total. The lowest BCUT2D eigenvalue weighted by Gasteiger charge is -2.11. The van der Waals surface area contributed by atoms with Crippen molar-refractivity contribution in [2.24, 2.45) is 5.10 Å². The molecule has 1 aromatic heterocycles. The molecule has 0 fully saturated rings. The number of para-hydroxylation sites is 1. The van der Waals surface area contributed by atoms with E-state index in [0.29, 0.717) is 5.75 Å². The highest BCUT2D eigenvalue weighted by Crippen LogP contribution is 2.21. The van der Waals surface area contributed by atoms with E-state index in [9.17, 15) is 4.79 Å². The number of benzene rings is 2. The maximum atomic E-state index is 11.9. The highest BCUT2D eigenvalue weighted by atomic mass is 32.1. The number of hydrogen-bond acceptors (Lipinski definition) is 4. The number of carbonyl (C=O) groups is 1. The van der Waals surface area contributed by atoms with Crippen LogP contribution in [-0.2, 0) is 11.2 Å². The second kappa shape index (κ2) is 8.97. The fourth-order valence-electron chi connectivity index (χ4n) is 2.47. The van der Waals surface area contributed by atoms with E-state index in [4.69, 9.17) is 4.74 Å². The van der Waals surface area contributed by atoms with Crippen molar-refractivity contribution in [1.29, 1.82) is 0 Å². The van der Waals surface area contributed by atoms with Crippen LogP contribution in [0.5, 0.6) is 5.75 Å². The minimum atomic E-state index is -0.288. The third kappa shape index (κ3) is 5.29. The second-order valence-corrected chi connectivity index (χ2v) is 7.12. The largest absolute Gasteiger partial charge is 0.483 e. The van der Waals surface area contributed by atoms with Crippen molar-refractivity contribution >= 4 is 23.5 Å². The first-order chi connectivity index (χ1) is 12.7. The number of hydrazone groups is 1. The van der Waals surface area contributed by atoms with Crippen LogP contribution in [0.25, 0.3) is 0 Å². The van der Waals surface area contributed by atoms with Crippen LogP contribution < -0.4 is 10.2 Å². The molecule has 1 N–H and O–H groups in total. The minimum Gasteiger partial charge on any atom is -0.483 e. The molecule has 26 heavy (non-hydrogen) atoms. The topological polar surface area (TPSA) is 50.7 Å². The van der Waals surface area contributed by atoms with Gasteiger partial charge >= 0.3 is 0 Å². The van der Waals surface area contributed by atoms with Gasteiger partial charge in [0.15, 0.2) is 6.61 Å². The molecule has 1 amide bonds. The number of nitrogens with one attached hydrogen (secondary N) is 1. The van der Waals surface area contributed by atoms with Crippen LogP contribution in [0.15, 0.2) is 71.8 Å². The third-order valence-electron chi connectivity index (χ3n) is 3.71. The summed E-state index contributed by atoms with van der Waals surface area (Å²) in [4.78, 5) is 14.1. The molecule has 0 bridgehead atoms. The van der Waals surface area contributed by atoms with Crippen molar-refractivity contribution in [2.75, 3.05) is 6.61 Å². The van der Waals surface area contributed by atoms with Gasteiger partial charge in [-0.1, -0.05) is 48.5 Å². The molecular formula is C21H20N2O2S. The molecule has 5 heteroatoms. The zero-order chi connectivity index (χ0) is 18.2. The molecule has 0 radical (unpaired) electrons. The number of thiophene rings is 1. The maximum absolute atomic E-state index is 11.9. The van der Waals surface area contributed by atoms with Crippen molar-refractivity contribution in [3.05, 3.63) is 87.6 Å². The molecule has 0 unspecified atom stereocenters. The predicted molar refractivity (Wildman–Crippen MR) is 106 cm³/mol. The van der Waals surface area contributed by atoms with Crippen molar-refractivity contribution in [1.82, 2.24) is 5.43 Å². The standard InChI is InChI=1S/C21H20N2O2S/c1-16-11-12-19(26-16)14-22-23-21(24)15-25-20-10-6-5-9-18(20)13-17-7-3-2-4-8-17/h2-12,14H,13,15H2,1H3,(H,23,24)/b22-14-. The van der Waals surface area contributed by atoms with Crippen LogP contribution in [-0.4, -0.2) is 18.7 Å². The predicted octanol–water partition coefficient (Wildman–Crippen LogP) is 4.18. The average Bonchev–Trinajstić information content (AvgIpc) is 3.07. The number of nitrogens with zero attached hydrogens (tertiary/aromatic N) is 1. The highest BCUT2D eigenvalue weighted by molar-refractivity contribution is 7.13. The first-order valence-corrected chi connectivity index (χ1v) is 9.15. The maximum Gasteiger partial charge on any atom is 0.277 e. The van der Waals surface area contributed by atoms with E-state index >= 15 is 0 Å². The lowest BCUT2D eigenvalue weighted by Crippen LogP contribution is -2.24. The molecule has 0 atom stereocenters. The summed E-state index contributed by atoms with van der Waals surface area (Å²) in [6.07, 6.45) is 2.40. The van der Waals surface area contributed by atoms with Gasteiger partial charge in [0.1, 0.15) is 5.75 Å². The van der Waals surface area contributed by atoms with Gasteiger partial charge in [0, 0.05) is 16.2 Å². The van der Waals surface area contributed by atoms with E-state index in [-0.39, 0.29) is 12.5 Å². The van der Waals surface area contributed by atoms with Crippen LogP contribution in [0.2, 0.25) is 0 Å². The average molecular weight is 364 g/mol. The quantitative estimate of drug-likeness (QED) is 0.505. The summed E-state index contributed by atoms with van der Waals surface area (Å²) in [7, 11) is 0. The molecule has 0 spiro atoms. The second-order valence-electron chi connectivity index (χ2n) is 5.80. The van der Waals surface area contributed by atoms with E-state index < -0.39 is 0 Å². The monoisotopic (exact) mass is 364 g/mol. The molecule has 0 aliphatic rings. The number of amides is 1. The van der Waals surface area contributed by atoms with Gasteiger partial charge in [-0.15, -0.1) is 11.3 Å². The molecule has 0 saturated carbocycles. The number of carbonyl (C=O) groups excluding carboxylic acids is 1. The number of hydrogen-bond donors (Lipinski definition) is 1. The minimum absolute atomic E-state index is 0.0768. The van der Waals surface area contributed by atoms with E-state index in [1.807, 2.05) is 61.5 Å². The van der Waals surface area contributed by atoms with Crippen LogP contribution in [0.1, 0.15) is 20.9 Å². The van der Waals surface area contributed by atoms with Crippen LogP contribution in [0.4, 0.5) is 0 Å². The van der Waals surface area contributed by atoms with E-state index in [1.165, 1.54) is 10.4 Å². The van der Waals surface area contributed by atoms with Crippen molar-refractivity contribution < 1.29 is 9.53 Å².